The maximum atomic E-state index is 13.4. The van der Waals surface area contributed by atoms with Gasteiger partial charge in [-0.2, -0.15) is 0 Å². The van der Waals surface area contributed by atoms with Crippen molar-refractivity contribution in [3.05, 3.63) is 71.3 Å². The smallest absolute Gasteiger partial charge is 0.123 e. The van der Waals surface area contributed by atoms with Gasteiger partial charge in [0.1, 0.15) is 22.8 Å². The quantitative estimate of drug-likeness (QED) is 0.502. The van der Waals surface area contributed by atoms with E-state index in [9.17, 15) is 8.78 Å². The van der Waals surface area contributed by atoms with E-state index in [1.165, 1.54) is 24.3 Å². The fraction of sp³-hybridized carbons (Fsp3) is 0.429. The number of hydrogen-bond acceptors (Lipinski definition) is 2. The van der Waals surface area contributed by atoms with Crippen LogP contribution in [0.3, 0.4) is 0 Å². The Hall–Kier alpha value is -0.820. The molecule has 1 spiro atoms. The number of benzene rings is 2. The molecule has 6 heteroatoms. The standard InChI is InChI=1S/C21H20Br2F2O2/c22-11-20(15-1-5-17(24)6-2-15)9-19(13-26-20)10-21(12-23,27-14-19)16-3-7-18(25)8-4-16/h1-8H,9-14H2/t19?,20-,21-/m1/s1. The molecular formula is C21H20Br2F2O2. The van der Waals surface area contributed by atoms with E-state index < -0.39 is 11.2 Å². The van der Waals surface area contributed by atoms with E-state index in [2.05, 4.69) is 31.9 Å². The molecule has 0 aliphatic carbocycles. The zero-order chi connectivity index (χ0) is 19.1. The van der Waals surface area contributed by atoms with E-state index in [4.69, 9.17) is 9.47 Å². The summed E-state index contributed by atoms with van der Waals surface area (Å²) >= 11 is 7.21. The third-order valence-electron chi connectivity index (χ3n) is 5.80. The monoisotopic (exact) mass is 500 g/mol. The Morgan fingerprint density at radius 2 is 1.07 bits per heavy atom. The summed E-state index contributed by atoms with van der Waals surface area (Å²) in [6.45, 7) is 1.15. The van der Waals surface area contributed by atoms with Gasteiger partial charge in [0.2, 0.25) is 0 Å². The highest BCUT2D eigenvalue weighted by atomic mass is 79.9. The van der Waals surface area contributed by atoms with Crippen LogP contribution >= 0.6 is 31.9 Å². The second-order valence-electron chi connectivity index (χ2n) is 7.70. The Bertz CT molecular complexity index is 742. The molecule has 0 aromatic heterocycles. The molecule has 2 aliphatic heterocycles. The van der Waals surface area contributed by atoms with Gasteiger partial charge in [-0.3, -0.25) is 0 Å². The molecule has 2 nitrogen and oxygen atoms in total. The fourth-order valence-corrected chi connectivity index (χ4v) is 5.78. The average Bonchev–Trinajstić information content (AvgIpc) is 3.25. The molecule has 4 rings (SSSR count). The highest BCUT2D eigenvalue weighted by Crippen LogP contribution is 2.56. The van der Waals surface area contributed by atoms with Crippen LogP contribution in [0.15, 0.2) is 48.5 Å². The van der Waals surface area contributed by atoms with E-state index in [-0.39, 0.29) is 17.0 Å². The second kappa shape index (κ2) is 7.21. The Kier molecular flexibility index (Phi) is 5.21. The van der Waals surface area contributed by atoms with E-state index in [1.807, 2.05) is 0 Å². The molecule has 0 amide bonds. The van der Waals surface area contributed by atoms with Gasteiger partial charge in [0, 0.05) is 16.1 Å². The van der Waals surface area contributed by atoms with Gasteiger partial charge in [0.15, 0.2) is 0 Å². The van der Waals surface area contributed by atoms with Crippen LogP contribution in [0, 0.1) is 17.0 Å². The minimum absolute atomic E-state index is 0.135. The number of alkyl halides is 2. The largest absolute Gasteiger partial charge is 0.369 e. The van der Waals surface area contributed by atoms with E-state index in [1.54, 1.807) is 24.3 Å². The van der Waals surface area contributed by atoms with Crippen LogP contribution in [-0.2, 0) is 20.7 Å². The summed E-state index contributed by atoms with van der Waals surface area (Å²) in [4.78, 5) is 0. The van der Waals surface area contributed by atoms with Crippen molar-refractivity contribution in [1.82, 2.24) is 0 Å². The van der Waals surface area contributed by atoms with Gasteiger partial charge in [-0.15, -0.1) is 0 Å². The highest BCUT2D eigenvalue weighted by molar-refractivity contribution is 9.09. The van der Waals surface area contributed by atoms with Crippen LogP contribution in [0.4, 0.5) is 8.78 Å². The minimum Gasteiger partial charge on any atom is -0.369 e. The molecule has 0 N–H and O–H groups in total. The summed E-state index contributed by atoms with van der Waals surface area (Å²) in [5.41, 5.74) is 0.806. The summed E-state index contributed by atoms with van der Waals surface area (Å²) in [5, 5.41) is 1.26. The van der Waals surface area contributed by atoms with Gasteiger partial charge in [0.05, 0.1) is 13.2 Å². The topological polar surface area (TPSA) is 18.5 Å². The third kappa shape index (κ3) is 3.39. The van der Waals surface area contributed by atoms with Crippen molar-refractivity contribution in [3.8, 4) is 0 Å². The van der Waals surface area contributed by atoms with Crippen molar-refractivity contribution in [2.45, 2.75) is 24.0 Å². The van der Waals surface area contributed by atoms with Crippen molar-refractivity contribution in [2.24, 2.45) is 5.41 Å². The Morgan fingerprint density at radius 3 is 1.41 bits per heavy atom. The summed E-state index contributed by atoms with van der Waals surface area (Å²) in [7, 11) is 0. The Labute approximate surface area is 174 Å². The van der Waals surface area contributed by atoms with Crippen molar-refractivity contribution >= 4 is 31.9 Å². The molecule has 144 valence electrons. The average molecular weight is 502 g/mol. The van der Waals surface area contributed by atoms with Crippen LogP contribution in [-0.4, -0.2) is 23.9 Å². The van der Waals surface area contributed by atoms with E-state index in [0.29, 0.717) is 23.9 Å². The first-order chi connectivity index (χ1) is 12.9. The van der Waals surface area contributed by atoms with Gasteiger partial charge in [-0.05, 0) is 48.2 Å². The predicted molar refractivity (Wildman–Crippen MR) is 107 cm³/mol. The molecule has 0 radical (unpaired) electrons. The summed E-state index contributed by atoms with van der Waals surface area (Å²) < 4.78 is 39.4. The van der Waals surface area contributed by atoms with E-state index >= 15 is 0 Å². The molecule has 0 bridgehead atoms. The van der Waals surface area contributed by atoms with Gasteiger partial charge in [0.25, 0.3) is 0 Å². The molecule has 0 unspecified atom stereocenters. The molecule has 0 saturated carbocycles. The number of ether oxygens (including phenoxy) is 2. The number of halogens is 4. The first kappa shape index (κ1) is 19.5. The lowest BCUT2D eigenvalue weighted by Crippen LogP contribution is -2.31. The zero-order valence-electron chi connectivity index (χ0n) is 14.7. The second-order valence-corrected chi connectivity index (χ2v) is 8.82. The zero-order valence-corrected chi connectivity index (χ0v) is 17.9. The Balaban J connectivity index is 1.62. The molecule has 27 heavy (non-hydrogen) atoms. The predicted octanol–water partition coefficient (Wildman–Crippen LogP) is 5.67. The summed E-state index contributed by atoms with van der Waals surface area (Å²) in [6, 6.07) is 13.1. The number of hydrogen-bond donors (Lipinski definition) is 0. The first-order valence-electron chi connectivity index (χ1n) is 8.87. The maximum absolute atomic E-state index is 13.4. The Morgan fingerprint density at radius 1 is 0.704 bits per heavy atom. The van der Waals surface area contributed by atoms with Crippen molar-refractivity contribution in [3.63, 3.8) is 0 Å². The van der Waals surface area contributed by atoms with Gasteiger partial charge >= 0.3 is 0 Å². The van der Waals surface area contributed by atoms with Crippen molar-refractivity contribution in [2.75, 3.05) is 23.9 Å². The first-order valence-corrected chi connectivity index (χ1v) is 11.1. The van der Waals surface area contributed by atoms with Crippen LogP contribution in [0.1, 0.15) is 24.0 Å². The molecule has 2 aromatic carbocycles. The normalized spacial score (nSPS) is 29.5. The molecule has 2 aliphatic rings. The van der Waals surface area contributed by atoms with Crippen molar-refractivity contribution in [1.29, 1.82) is 0 Å². The van der Waals surface area contributed by atoms with Gasteiger partial charge in [-0.25, -0.2) is 8.78 Å². The molecular weight excluding hydrogens is 482 g/mol. The van der Waals surface area contributed by atoms with Crippen LogP contribution in [0.2, 0.25) is 0 Å². The van der Waals surface area contributed by atoms with Crippen LogP contribution < -0.4 is 0 Å². The molecule has 2 aromatic rings. The minimum atomic E-state index is -0.498. The lowest BCUT2D eigenvalue weighted by molar-refractivity contribution is 0.0117. The molecule has 2 atom stereocenters. The summed E-state index contributed by atoms with van der Waals surface area (Å²) in [6.07, 6.45) is 1.57. The maximum Gasteiger partial charge on any atom is 0.123 e. The SMILES string of the molecule is Fc1ccc([C@]2(CBr)CC3(CO2)CO[C@](CBr)(c2ccc(F)cc2)C3)cc1. The summed E-state index contributed by atoms with van der Waals surface area (Å²) in [5.74, 6) is -0.509. The van der Waals surface area contributed by atoms with Crippen LogP contribution in [0.25, 0.3) is 0 Å². The molecule has 2 heterocycles. The highest BCUT2D eigenvalue weighted by Gasteiger charge is 2.58. The molecule has 2 fully saturated rings. The third-order valence-corrected chi connectivity index (χ3v) is 7.61. The molecule has 2 saturated heterocycles. The lowest BCUT2D eigenvalue weighted by Gasteiger charge is -2.30. The van der Waals surface area contributed by atoms with Crippen LogP contribution in [0.5, 0.6) is 0 Å². The van der Waals surface area contributed by atoms with Gasteiger partial charge < -0.3 is 9.47 Å². The fourth-order valence-electron chi connectivity index (χ4n) is 4.41. The van der Waals surface area contributed by atoms with Gasteiger partial charge in [-0.1, -0.05) is 56.1 Å². The van der Waals surface area contributed by atoms with Crippen molar-refractivity contribution < 1.29 is 18.3 Å². The number of rotatable bonds is 4. The lowest BCUT2D eigenvalue weighted by atomic mass is 9.74. The van der Waals surface area contributed by atoms with E-state index in [0.717, 1.165) is 24.0 Å².